The van der Waals surface area contributed by atoms with Crippen molar-refractivity contribution in [3.05, 3.63) is 51.6 Å². The van der Waals surface area contributed by atoms with Crippen LogP contribution in [0, 0.1) is 5.82 Å². The highest BCUT2D eigenvalue weighted by molar-refractivity contribution is 6.30. The first kappa shape index (κ1) is 15.8. The third kappa shape index (κ3) is 4.18. The van der Waals surface area contributed by atoms with E-state index in [1.54, 1.807) is 0 Å². The molecule has 0 saturated carbocycles. The Morgan fingerprint density at radius 3 is 2.43 bits per heavy atom. The molecule has 0 amide bonds. The number of hydrogen-bond acceptors (Lipinski definition) is 3. The number of alkyl halides is 3. The summed E-state index contributed by atoms with van der Waals surface area (Å²) in [7, 11) is 0. The largest absolute Gasteiger partial charge is 0.433 e. The van der Waals surface area contributed by atoms with Crippen molar-refractivity contribution in [3.8, 4) is 0 Å². The summed E-state index contributed by atoms with van der Waals surface area (Å²) in [6.45, 7) is 0.102. The highest BCUT2D eigenvalue weighted by atomic mass is 35.5. The minimum absolute atomic E-state index is 0.0778. The van der Waals surface area contributed by atoms with Crippen LogP contribution in [-0.2, 0) is 12.7 Å². The monoisotopic (exact) mass is 339 g/mol. The van der Waals surface area contributed by atoms with E-state index in [2.05, 4.69) is 15.3 Å². The van der Waals surface area contributed by atoms with Crippen LogP contribution in [0.3, 0.4) is 0 Å². The smallest absolute Gasteiger partial charge is 0.366 e. The summed E-state index contributed by atoms with van der Waals surface area (Å²) >= 11 is 11.1. The van der Waals surface area contributed by atoms with Crippen LogP contribution in [0.5, 0.6) is 0 Å². The molecule has 0 aliphatic rings. The molecule has 9 heteroatoms. The number of nitrogens with one attached hydrogen (secondary N) is 1. The Kier molecular flexibility index (Phi) is 4.53. The molecule has 2 rings (SSSR count). The molecule has 0 atom stereocenters. The van der Waals surface area contributed by atoms with Gasteiger partial charge in [0, 0.05) is 12.6 Å². The zero-order valence-electron chi connectivity index (χ0n) is 10.2. The zero-order valence-corrected chi connectivity index (χ0v) is 11.7. The fourth-order valence-corrected chi connectivity index (χ4v) is 1.88. The minimum atomic E-state index is -4.62. The average molecular weight is 340 g/mol. The van der Waals surface area contributed by atoms with Gasteiger partial charge in [-0.15, -0.1) is 0 Å². The van der Waals surface area contributed by atoms with Gasteiger partial charge in [0.15, 0.2) is 5.69 Å². The number of halogens is 6. The van der Waals surface area contributed by atoms with Crippen LogP contribution in [0.25, 0.3) is 0 Å². The van der Waals surface area contributed by atoms with Crippen molar-refractivity contribution in [3.63, 3.8) is 0 Å². The Labute approximate surface area is 126 Å². The molecule has 1 heterocycles. The summed E-state index contributed by atoms with van der Waals surface area (Å²) in [5.41, 5.74) is -0.577. The third-order valence-corrected chi connectivity index (χ3v) is 2.91. The van der Waals surface area contributed by atoms with Crippen LogP contribution in [0.2, 0.25) is 10.3 Å². The van der Waals surface area contributed by atoms with E-state index in [0.29, 0.717) is 5.56 Å². The number of aromatic nitrogens is 2. The number of nitrogens with zero attached hydrogens (tertiary/aromatic N) is 2. The van der Waals surface area contributed by atoms with E-state index < -0.39 is 23.0 Å². The molecule has 0 spiro atoms. The maximum Gasteiger partial charge on any atom is 0.433 e. The Hall–Kier alpha value is -1.60. The highest BCUT2D eigenvalue weighted by Crippen LogP contribution is 2.29. The summed E-state index contributed by atoms with van der Waals surface area (Å²) in [6.07, 6.45) is -4.62. The minimum Gasteiger partial charge on any atom is -0.366 e. The zero-order chi connectivity index (χ0) is 15.6. The van der Waals surface area contributed by atoms with Crippen LogP contribution in [-0.4, -0.2) is 9.97 Å². The molecule has 0 unspecified atom stereocenters. The van der Waals surface area contributed by atoms with Crippen molar-refractivity contribution in [1.82, 2.24) is 9.97 Å². The molecule has 112 valence electrons. The van der Waals surface area contributed by atoms with Crippen LogP contribution in [0.15, 0.2) is 24.3 Å². The van der Waals surface area contributed by atoms with Crippen molar-refractivity contribution >= 4 is 29.0 Å². The lowest BCUT2D eigenvalue weighted by Gasteiger charge is -2.10. The van der Waals surface area contributed by atoms with Crippen molar-refractivity contribution in [2.75, 3.05) is 5.32 Å². The second-order valence-electron chi connectivity index (χ2n) is 4.01. The van der Waals surface area contributed by atoms with E-state index in [-0.39, 0.29) is 17.4 Å². The molecular weight excluding hydrogens is 333 g/mol. The second kappa shape index (κ2) is 6.03. The Bertz CT molecular complexity index is 661. The Morgan fingerprint density at radius 1 is 1.10 bits per heavy atom. The molecule has 1 aromatic heterocycles. The summed E-state index contributed by atoms with van der Waals surface area (Å²) in [4.78, 5) is 6.74. The number of anilines is 1. The van der Waals surface area contributed by atoms with Gasteiger partial charge in [0.25, 0.3) is 0 Å². The summed E-state index contributed by atoms with van der Waals surface area (Å²) < 4.78 is 50.7. The molecule has 3 nitrogen and oxygen atoms in total. The van der Waals surface area contributed by atoms with Gasteiger partial charge in [-0.1, -0.05) is 17.7 Å². The number of benzene rings is 1. The Morgan fingerprint density at radius 2 is 1.81 bits per heavy atom. The van der Waals surface area contributed by atoms with E-state index in [1.165, 1.54) is 12.1 Å². The lowest BCUT2D eigenvalue weighted by Crippen LogP contribution is -2.11. The van der Waals surface area contributed by atoms with Gasteiger partial charge in [-0.3, -0.25) is 0 Å². The van der Waals surface area contributed by atoms with E-state index in [4.69, 9.17) is 23.2 Å². The summed E-state index contributed by atoms with van der Waals surface area (Å²) in [5.74, 6) is -0.673. The number of rotatable bonds is 3. The summed E-state index contributed by atoms with van der Waals surface area (Å²) in [5, 5.41) is 2.04. The van der Waals surface area contributed by atoms with E-state index in [1.807, 2.05) is 0 Å². The SMILES string of the molecule is Fc1ccc(CNc2cc(C(F)(F)F)nc(Cl)n2)cc1Cl. The molecule has 0 fully saturated rings. The van der Waals surface area contributed by atoms with Gasteiger partial charge < -0.3 is 5.32 Å². The predicted octanol–water partition coefficient (Wildman–Crippen LogP) is 4.55. The van der Waals surface area contributed by atoms with Crippen molar-refractivity contribution in [1.29, 1.82) is 0 Å². The lowest BCUT2D eigenvalue weighted by molar-refractivity contribution is -0.141. The molecule has 0 bridgehead atoms. The predicted molar refractivity (Wildman–Crippen MR) is 70.8 cm³/mol. The van der Waals surface area contributed by atoms with Crippen molar-refractivity contribution in [2.45, 2.75) is 12.7 Å². The molecular formula is C12H7Cl2F4N3. The first-order valence-corrected chi connectivity index (χ1v) is 6.31. The average Bonchev–Trinajstić information content (AvgIpc) is 2.38. The third-order valence-electron chi connectivity index (χ3n) is 2.45. The summed E-state index contributed by atoms with van der Waals surface area (Å²) in [6, 6.07) is 4.70. The standard InChI is InChI=1S/C12H7Cl2F4N3/c13-7-3-6(1-2-8(7)15)5-19-10-4-9(12(16,17)18)20-11(14)21-10/h1-4H,5H2,(H,19,20,21). The van der Waals surface area contributed by atoms with E-state index >= 15 is 0 Å². The lowest BCUT2D eigenvalue weighted by atomic mass is 10.2. The van der Waals surface area contributed by atoms with Crippen LogP contribution >= 0.6 is 23.2 Å². The molecule has 0 saturated heterocycles. The number of hydrogen-bond donors (Lipinski definition) is 1. The fraction of sp³-hybridized carbons (Fsp3) is 0.167. The van der Waals surface area contributed by atoms with Gasteiger partial charge in [0.2, 0.25) is 5.28 Å². The molecule has 0 aliphatic carbocycles. The van der Waals surface area contributed by atoms with Gasteiger partial charge in [-0.25, -0.2) is 14.4 Å². The molecule has 0 radical (unpaired) electrons. The second-order valence-corrected chi connectivity index (χ2v) is 4.75. The molecule has 21 heavy (non-hydrogen) atoms. The molecule has 2 aromatic rings. The first-order valence-electron chi connectivity index (χ1n) is 5.55. The normalized spacial score (nSPS) is 11.5. The van der Waals surface area contributed by atoms with Crippen molar-refractivity contribution < 1.29 is 17.6 Å². The molecule has 1 N–H and O–H groups in total. The van der Waals surface area contributed by atoms with Crippen LogP contribution < -0.4 is 5.32 Å². The van der Waals surface area contributed by atoms with Gasteiger partial charge >= 0.3 is 6.18 Å². The quantitative estimate of drug-likeness (QED) is 0.658. The van der Waals surface area contributed by atoms with E-state index in [0.717, 1.165) is 12.1 Å². The maximum absolute atomic E-state index is 13.0. The van der Waals surface area contributed by atoms with Gasteiger partial charge in [0.1, 0.15) is 11.6 Å². The van der Waals surface area contributed by atoms with Gasteiger partial charge in [0.05, 0.1) is 5.02 Å². The van der Waals surface area contributed by atoms with Gasteiger partial charge in [-0.2, -0.15) is 13.2 Å². The highest BCUT2D eigenvalue weighted by Gasteiger charge is 2.33. The van der Waals surface area contributed by atoms with Crippen molar-refractivity contribution in [2.24, 2.45) is 0 Å². The van der Waals surface area contributed by atoms with Crippen LogP contribution in [0.1, 0.15) is 11.3 Å². The molecule has 1 aromatic carbocycles. The molecule has 0 aliphatic heterocycles. The topological polar surface area (TPSA) is 37.8 Å². The van der Waals surface area contributed by atoms with E-state index in [9.17, 15) is 17.6 Å². The fourth-order valence-electron chi connectivity index (χ4n) is 1.50. The Balaban J connectivity index is 2.16. The van der Waals surface area contributed by atoms with Gasteiger partial charge in [-0.05, 0) is 29.3 Å². The maximum atomic E-state index is 13.0. The van der Waals surface area contributed by atoms with Crippen LogP contribution in [0.4, 0.5) is 23.4 Å². The first-order chi connectivity index (χ1) is 9.75.